The Kier molecular flexibility index (Phi) is 3.03. The van der Waals surface area contributed by atoms with E-state index >= 15 is 0 Å². The minimum atomic E-state index is -1.02. The number of hydrogen-bond donors (Lipinski definition) is 1. The van der Waals surface area contributed by atoms with Crippen LogP contribution in [-0.4, -0.2) is 28.1 Å². The predicted octanol–water partition coefficient (Wildman–Crippen LogP) is 2.31. The number of hydrogen-bond acceptors (Lipinski definition) is 4. The third kappa shape index (κ3) is 2.01. The van der Waals surface area contributed by atoms with E-state index in [1.807, 2.05) is 0 Å². The van der Waals surface area contributed by atoms with Gasteiger partial charge in [0.25, 0.3) is 5.69 Å². The lowest BCUT2D eigenvalue weighted by atomic mass is 9.89. The van der Waals surface area contributed by atoms with E-state index in [-0.39, 0.29) is 11.7 Å². The molecule has 2 heterocycles. The number of halogens is 2. The fourth-order valence-electron chi connectivity index (χ4n) is 3.51. The lowest BCUT2D eigenvalue weighted by Crippen LogP contribution is -2.34. The number of nitro benzene ring substituents is 1. The Balaban J connectivity index is 2.02. The molecule has 3 unspecified atom stereocenters. The molecular formula is C13H12F2N2O4. The summed E-state index contributed by atoms with van der Waals surface area (Å²) in [5.41, 5.74) is -1.01. The molecule has 1 aromatic rings. The Labute approximate surface area is 118 Å². The van der Waals surface area contributed by atoms with Crippen LogP contribution in [0.15, 0.2) is 12.1 Å². The number of benzene rings is 1. The maximum Gasteiger partial charge on any atom is 0.308 e. The fourth-order valence-corrected chi connectivity index (χ4v) is 3.51. The summed E-state index contributed by atoms with van der Waals surface area (Å²) < 4.78 is 28.2. The molecule has 2 bridgehead atoms. The van der Waals surface area contributed by atoms with E-state index in [9.17, 15) is 23.7 Å². The summed E-state index contributed by atoms with van der Waals surface area (Å²) in [5, 5.41) is 19.8. The highest BCUT2D eigenvalue weighted by Gasteiger charge is 2.50. The van der Waals surface area contributed by atoms with Gasteiger partial charge >= 0.3 is 5.97 Å². The molecule has 6 nitrogen and oxygen atoms in total. The van der Waals surface area contributed by atoms with Crippen molar-refractivity contribution in [3.8, 4) is 0 Å². The topological polar surface area (TPSA) is 83.7 Å². The van der Waals surface area contributed by atoms with E-state index in [0.717, 1.165) is 0 Å². The molecule has 2 fully saturated rings. The Morgan fingerprint density at radius 3 is 2.43 bits per heavy atom. The summed E-state index contributed by atoms with van der Waals surface area (Å²) >= 11 is 0. The second kappa shape index (κ2) is 4.64. The molecule has 112 valence electrons. The molecule has 2 aliphatic heterocycles. The van der Waals surface area contributed by atoms with E-state index < -0.39 is 40.2 Å². The van der Waals surface area contributed by atoms with Crippen molar-refractivity contribution in [1.82, 2.24) is 0 Å². The van der Waals surface area contributed by atoms with E-state index in [1.165, 1.54) is 4.90 Å². The second-order valence-corrected chi connectivity index (χ2v) is 5.40. The Morgan fingerprint density at radius 2 is 1.95 bits per heavy atom. The zero-order valence-electron chi connectivity index (χ0n) is 10.8. The number of non-ortho nitro benzene ring substituents is 1. The van der Waals surface area contributed by atoms with Crippen molar-refractivity contribution >= 4 is 17.3 Å². The van der Waals surface area contributed by atoms with Crippen molar-refractivity contribution in [2.24, 2.45) is 5.92 Å². The first kappa shape index (κ1) is 13.7. The molecule has 0 spiro atoms. The van der Waals surface area contributed by atoms with E-state index in [4.69, 9.17) is 5.11 Å². The minimum absolute atomic E-state index is 0.235. The maximum atomic E-state index is 14.1. The zero-order chi connectivity index (χ0) is 15.3. The SMILES string of the molecule is O=C(O)C1CC2CCC1N2c1c(F)cc([N+](=O)[O-])cc1F. The average Bonchev–Trinajstić information content (AvgIpc) is 2.95. The van der Waals surface area contributed by atoms with Crippen molar-refractivity contribution in [3.05, 3.63) is 33.9 Å². The van der Waals surface area contributed by atoms with Gasteiger partial charge in [-0.2, -0.15) is 0 Å². The van der Waals surface area contributed by atoms with Gasteiger partial charge in [0.1, 0.15) is 5.69 Å². The number of aliphatic carboxylic acids is 1. The summed E-state index contributed by atoms with van der Waals surface area (Å²) in [6.45, 7) is 0. The molecule has 0 saturated carbocycles. The molecule has 2 aliphatic rings. The van der Waals surface area contributed by atoms with Crippen LogP contribution in [0.4, 0.5) is 20.2 Å². The van der Waals surface area contributed by atoms with Gasteiger partial charge in [-0.05, 0) is 19.3 Å². The van der Waals surface area contributed by atoms with E-state index in [0.29, 0.717) is 31.4 Å². The van der Waals surface area contributed by atoms with Gasteiger partial charge in [0.15, 0.2) is 11.6 Å². The smallest absolute Gasteiger partial charge is 0.308 e. The summed E-state index contributed by atoms with van der Waals surface area (Å²) in [7, 11) is 0. The van der Waals surface area contributed by atoms with Gasteiger partial charge in [-0.3, -0.25) is 14.9 Å². The summed E-state index contributed by atoms with van der Waals surface area (Å²) in [5.74, 6) is -3.68. The number of nitro groups is 1. The molecule has 1 N–H and O–H groups in total. The highest BCUT2D eigenvalue weighted by atomic mass is 19.1. The number of anilines is 1. The van der Waals surface area contributed by atoms with Crippen molar-refractivity contribution in [2.75, 3.05) is 4.90 Å². The number of carbonyl (C=O) groups is 1. The van der Waals surface area contributed by atoms with Gasteiger partial charge < -0.3 is 10.0 Å². The van der Waals surface area contributed by atoms with Crippen molar-refractivity contribution in [2.45, 2.75) is 31.3 Å². The number of fused-ring (bicyclic) bond motifs is 2. The third-order valence-corrected chi connectivity index (χ3v) is 4.32. The minimum Gasteiger partial charge on any atom is -0.481 e. The predicted molar refractivity (Wildman–Crippen MR) is 68.0 cm³/mol. The number of carboxylic acid groups (broad SMARTS) is 1. The second-order valence-electron chi connectivity index (χ2n) is 5.40. The van der Waals surface area contributed by atoms with Crippen LogP contribution in [0.1, 0.15) is 19.3 Å². The van der Waals surface area contributed by atoms with Crippen LogP contribution in [-0.2, 0) is 4.79 Å². The van der Waals surface area contributed by atoms with Gasteiger partial charge in [0.05, 0.1) is 23.0 Å². The Hall–Kier alpha value is -2.25. The molecule has 8 heteroatoms. The summed E-state index contributed by atoms with van der Waals surface area (Å²) in [6.07, 6.45) is 1.57. The van der Waals surface area contributed by atoms with Crippen molar-refractivity contribution < 1.29 is 23.6 Å². The zero-order valence-corrected chi connectivity index (χ0v) is 10.8. The number of rotatable bonds is 3. The van der Waals surface area contributed by atoms with Gasteiger partial charge in [-0.25, -0.2) is 8.78 Å². The third-order valence-electron chi connectivity index (χ3n) is 4.32. The van der Waals surface area contributed by atoms with Crippen LogP contribution in [0, 0.1) is 27.7 Å². The monoisotopic (exact) mass is 298 g/mol. The molecule has 0 amide bonds. The first-order valence-corrected chi connectivity index (χ1v) is 6.54. The van der Waals surface area contributed by atoms with Gasteiger partial charge in [-0.1, -0.05) is 0 Å². The quantitative estimate of drug-likeness (QED) is 0.684. The number of carboxylic acids is 1. The Bertz CT molecular complexity index is 614. The van der Waals surface area contributed by atoms with Crippen LogP contribution >= 0.6 is 0 Å². The van der Waals surface area contributed by atoms with Crippen molar-refractivity contribution in [1.29, 1.82) is 0 Å². The normalized spacial score (nSPS) is 27.1. The highest BCUT2D eigenvalue weighted by molar-refractivity contribution is 5.74. The maximum absolute atomic E-state index is 14.1. The van der Waals surface area contributed by atoms with Crippen LogP contribution in [0.5, 0.6) is 0 Å². The van der Waals surface area contributed by atoms with Gasteiger partial charge in [0, 0.05) is 12.1 Å². The van der Waals surface area contributed by atoms with Crippen LogP contribution in [0.2, 0.25) is 0 Å². The molecule has 0 radical (unpaired) electrons. The number of nitrogens with zero attached hydrogens (tertiary/aromatic N) is 2. The van der Waals surface area contributed by atoms with E-state index in [1.54, 1.807) is 0 Å². The average molecular weight is 298 g/mol. The van der Waals surface area contributed by atoms with Gasteiger partial charge in [0.2, 0.25) is 0 Å². The van der Waals surface area contributed by atoms with Crippen LogP contribution < -0.4 is 4.90 Å². The van der Waals surface area contributed by atoms with Crippen LogP contribution in [0.25, 0.3) is 0 Å². The largest absolute Gasteiger partial charge is 0.481 e. The molecule has 21 heavy (non-hydrogen) atoms. The van der Waals surface area contributed by atoms with E-state index in [2.05, 4.69) is 0 Å². The summed E-state index contributed by atoms with van der Waals surface area (Å²) in [6, 6.07) is 0.650. The molecule has 0 aliphatic carbocycles. The summed E-state index contributed by atoms with van der Waals surface area (Å²) in [4.78, 5) is 22.4. The molecule has 1 aromatic carbocycles. The molecule has 3 atom stereocenters. The molecule has 0 aromatic heterocycles. The highest BCUT2D eigenvalue weighted by Crippen LogP contribution is 2.46. The molecule has 2 saturated heterocycles. The van der Waals surface area contributed by atoms with Crippen molar-refractivity contribution in [3.63, 3.8) is 0 Å². The Morgan fingerprint density at radius 1 is 1.33 bits per heavy atom. The first-order chi connectivity index (χ1) is 9.90. The fraction of sp³-hybridized carbons (Fsp3) is 0.462. The van der Waals surface area contributed by atoms with Gasteiger partial charge in [-0.15, -0.1) is 0 Å². The van der Waals surface area contributed by atoms with Crippen LogP contribution in [0.3, 0.4) is 0 Å². The lowest BCUT2D eigenvalue weighted by Gasteiger charge is -2.26. The first-order valence-electron chi connectivity index (χ1n) is 6.54. The molecular weight excluding hydrogens is 286 g/mol. The standard InChI is InChI=1S/C13H12F2N2O4/c14-9-4-7(17(20)21)5-10(15)12(9)16-6-1-2-11(16)8(3-6)13(18)19/h4-6,8,11H,1-3H2,(H,18,19). The lowest BCUT2D eigenvalue weighted by molar-refractivity contribution is -0.385. The molecule has 3 rings (SSSR count).